The average molecular weight is 220 g/mol. The Hall–Kier alpha value is -1.55. The van der Waals surface area contributed by atoms with Crippen molar-refractivity contribution in [3.63, 3.8) is 0 Å². The number of rotatable bonds is 3. The quantitative estimate of drug-likeness (QED) is 0.835. The van der Waals surface area contributed by atoms with Crippen LogP contribution in [0.15, 0.2) is 35.8 Å². The lowest BCUT2D eigenvalue weighted by Crippen LogP contribution is -2.05. The minimum absolute atomic E-state index is 0.159. The van der Waals surface area contributed by atoms with Crippen LogP contribution >= 0.6 is 11.3 Å². The van der Waals surface area contributed by atoms with Gasteiger partial charge in [-0.3, -0.25) is 0 Å². The third-order valence-corrected chi connectivity index (χ3v) is 3.01. The van der Waals surface area contributed by atoms with Gasteiger partial charge in [-0.25, -0.2) is 4.98 Å². The van der Waals surface area contributed by atoms with Crippen LogP contribution < -0.4 is 5.32 Å². The molecule has 2 aromatic rings. The highest BCUT2D eigenvalue weighted by atomic mass is 32.1. The zero-order valence-electron chi connectivity index (χ0n) is 8.34. The molecule has 78 valence electrons. The molecule has 15 heavy (non-hydrogen) atoms. The van der Waals surface area contributed by atoms with Crippen LogP contribution in [0.25, 0.3) is 0 Å². The van der Waals surface area contributed by atoms with Gasteiger partial charge in [0, 0.05) is 23.3 Å². The number of hydrogen-bond acceptors (Lipinski definition) is 4. The second-order valence-electron chi connectivity index (χ2n) is 3.29. The Balaban J connectivity index is 2.09. The summed E-state index contributed by atoms with van der Waals surface area (Å²) in [6.45, 7) is 2.04. The lowest BCUT2D eigenvalue weighted by atomic mass is 10.2. The van der Waals surface area contributed by atoms with Gasteiger partial charge in [-0.15, -0.1) is 11.3 Å². The first-order chi connectivity index (χ1) is 7.25. The molecule has 0 aliphatic rings. The highest BCUT2D eigenvalue weighted by Crippen LogP contribution is 2.22. The maximum absolute atomic E-state index is 9.30. The molecule has 0 spiro atoms. The van der Waals surface area contributed by atoms with Crippen molar-refractivity contribution >= 4 is 17.0 Å². The SMILES string of the molecule is CC(Nc1cccc(O)c1)c1nccs1. The number of anilines is 1. The number of benzene rings is 1. The smallest absolute Gasteiger partial charge is 0.117 e. The Morgan fingerprint density at radius 3 is 3.00 bits per heavy atom. The average Bonchev–Trinajstić information content (AvgIpc) is 2.70. The summed E-state index contributed by atoms with van der Waals surface area (Å²) in [5, 5.41) is 15.6. The Kier molecular flexibility index (Phi) is 2.87. The van der Waals surface area contributed by atoms with Crippen LogP contribution in [0.1, 0.15) is 18.0 Å². The molecule has 1 atom stereocenters. The highest BCUT2D eigenvalue weighted by molar-refractivity contribution is 7.09. The van der Waals surface area contributed by atoms with E-state index in [2.05, 4.69) is 10.3 Å². The van der Waals surface area contributed by atoms with E-state index in [1.165, 1.54) is 0 Å². The van der Waals surface area contributed by atoms with E-state index in [0.717, 1.165) is 10.7 Å². The topological polar surface area (TPSA) is 45.1 Å². The highest BCUT2D eigenvalue weighted by Gasteiger charge is 2.07. The summed E-state index contributed by atoms with van der Waals surface area (Å²) in [6, 6.07) is 7.24. The molecule has 0 saturated carbocycles. The molecule has 3 nitrogen and oxygen atoms in total. The van der Waals surface area contributed by atoms with Crippen molar-refractivity contribution in [2.45, 2.75) is 13.0 Å². The number of nitrogens with zero attached hydrogens (tertiary/aromatic N) is 1. The Morgan fingerprint density at radius 1 is 1.47 bits per heavy atom. The molecule has 0 aliphatic carbocycles. The second-order valence-corrected chi connectivity index (χ2v) is 4.21. The van der Waals surface area contributed by atoms with Gasteiger partial charge in [-0.2, -0.15) is 0 Å². The molecule has 0 saturated heterocycles. The van der Waals surface area contributed by atoms with Crippen molar-refractivity contribution in [3.8, 4) is 5.75 Å². The van der Waals surface area contributed by atoms with Crippen molar-refractivity contribution in [2.24, 2.45) is 0 Å². The standard InChI is InChI=1S/C11H12N2OS/c1-8(11-12-5-6-15-11)13-9-3-2-4-10(14)7-9/h2-8,13-14H,1H3. The minimum Gasteiger partial charge on any atom is -0.508 e. The van der Waals surface area contributed by atoms with E-state index >= 15 is 0 Å². The number of nitrogens with one attached hydrogen (secondary N) is 1. The monoisotopic (exact) mass is 220 g/mol. The van der Waals surface area contributed by atoms with Crippen molar-refractivity contribution in [1.29, 1.82) is 0 Å². The van der Waals surface area contributed by atoms with E-state index in [0.29, 0.717) is 0 Å². The normalized spacial score (nSPS) is 12.3. The van der Waals surface area contributed by atoms with Crippen molar-refractivity contribution in [3.05, 3.63) is 40.8 Å². The summed E-state index contributed by atoms with van der Waals surface area (Å²) >= 11 is 1.62. The molecule has 1 unspecified atom stereocenters. The van der Waals surface area contributed by atoms with Crippen LogP contribution in [0, 0.1) is 0 Å². The van der Waals surface area contributed by atoms with Crippen LogP contribution in [0.3, 0.4) is 0 Å². The number of thiazole rings is 1. The molecule has 2 N–H and O–H groups in total. The summed E-state index contributed by atoms with van der Waals surface area (Å²) in [5.74, 6) is 0.270. The van der Waals surface area contributed by atoms with Gasteiger partial charge in [-0.1, -0.05) is 6.07 Å². The maximum Gasteiger partial charge on any atom is 0.117 e. The van der Waals surface area contributed by atoms with Crippen LogP contribution in [-0.4, -0.2) is 10.1 Å². The van der Waals surface area contributed by atoms with Gasteiger partial charge < -0.3 is 10.4 Å². The first-order valence-corrected chi connectivity index (χ1v) is 5.58. The molecule has 0 fully saturated rings. The number of phenolic OH excluding ortho intramolecular Hbond substituents is 1. The van der Waals surface area contributed by atoms with E-state index < -0.39 is 0 Å². The first kappa shape index (κ1) is 9.98. The zero-order chi connectivity index (χ0) is 10.7. The largest absolute Gasteiger partial charge is 0.508 e. The fourth-order valence-electron chi connectivity index (χ4n) is 1.36. The van der Waals surface area contributed by atoms with Gasteiger partial charge in [0.25, 0.3) is 0 Å². The fourth-order valence-corrected chi connectivity index (χ4v) is 2.00. The van der Waals surface area contributed by atoms with Crippen molar-refractivity contribution < 1.29 is 5.11 Å². The lowest BCUT2D eigenvalue weighted by molar-refractivity contribution is 0.475. The molecule has 1 aromatic carbocycles. The Morgan fingerprint density at radius 2 is 2.33 bits per heavy atom. The third kappa shape index (κ3) is 2.47. The number of aromatic hydroxyl groups is 1. The Bertz CT molecular complexity index is 428. The molecule has 1 heterocycles. The number of aromatic nitrogens is 1. The van der Waals surface area contributed by atoms with Gasteiger partial charge in [0.1, 0.15) is 10.8 Å². The molecule has 4 heteroatoms. The molecular formula is C11H12N2OS. The molecule has 2 rings (SSSR count). The zero-order valence-corrected chi connectivity index (χ0v) is 9.16. The van der Waals surface area contributed by atoms with Gasteiger partial charge in [0.15, 0.2) is 0 Å². The van der Waals surface area contributed by atoms with Crippen LogP contribution in [0.4, 0.5) is 5.69 Å². The second kappa shape index (κ2) is 4.31. The molecular weight excluding hydrogens is 208 g/mol. The van der Waals surface area contributed by atoms with Crippen LogP contribution in [0.5, 0.6) is 5.75 Å². The van der Waals surface area contributed by atoms with E-state index in [9.17, 15) is 5.11 Å². The van der Waals surface area contributed by atoms with Crippen LogP contribution in [-0.2, 0) is 0 Å². The predicted octanol–water partition coefficient (Wildman–Crippen LogP) is 3.02. The molecule has 0 radical (unpaired) electrons. The maximum atomic E-state index is 9.30. The Labute approximate surface area is 92.4 Å². The lowest BCUT2D eigenvalue weighted by Gasteiger charge is -2.12. The summed E-state index contributed by atoms with van der Waals surface area (Å²) in [7, 11) is 0. The van der Waals surface area contributed by atoms with Crippen molar-refractivity contribution in [1.82, 2.24) is 4.98 Å². The predicted molar refractivity (Wildman–Crippen MR) is 62.3 cm³/mol. The van der Waals surface area contributed by atoms with Gasteiger partial charge in [-0.05, 0) is 19.1 Å². The molecule has 0 amide bonds. The third-order valence-electron chi connectivity index (χ3n) is 2.05. The molecule has 1 aromatic heterocycles. The van der Waals surface area contributed by atoms with Gasteiger partial charge in [0.05, 0.1) is 6.04 Å². The summed E-state index contributed by atoms with van der Waals surface area (Å²) in [4.78, 5) is 4.23. The van der Waals surface area contributed by atoms with Crippen LogP contribution in [0.2, 0.25) is 0 Å². The van der Waals surface area contributed by atoms with E-state index in [4.69, 9.17) is 0 Å². The number of phenols is 1. The fraction of sp³-hybridized carbons (Fsp3) is 0.182. The van der Waals surface area contributed by atoms with Crippen molar-refractivity contribution in [2.75, 3.05) is 5.32 Å². The van der Waals surface area contributed by atoms with E-state index in [1.54, 1.807) is 29.7 Å². The van der Waals surface area contributed by atoms with Gasteiger partial charge in [0.2, 0.25) is 0 Å². The van der Waals surface area contributed by atoms with E-state index in [-0.39, 0.29) is 11.8 Å². The first-order valence-electron chi connectivity index (χ1n) is 4.70. The minimum atomic E-state index is 0.159. The van der Waals surface area contributed by atoms with Gasteiger partial charge >= 0.3 is 0 Å². The number of hydrogen-bond donors (Lipinski definition) is 2. The molecule has 0 aliphatic heterocycles. The summed E-state index contributed by atoms with van der Waals surface area (Å²) in [5.41, 5.74) is 0.901. The molecule has 0 bridgehead atoms. The summed E-state index contributed by atoms with van der Waals surface area (Å²) < 4.78 is 0. The van der Waals surface area contributed by atoms with E-state index in [1.807, 2.05) is 24.4 Å². The summed E-state index contributed by atoms with van der Waals surface area (Å²) in [6.07, 6.45) is 1.79.